The molecule has 0 spiro atoms. The standard InChI is InChI=1S/C22H28N2O2/c1-4-18-10-12-19(13-11-18)14-15-21(25)24(17(2)22(26)23-3)16-20-8-6-5-7-9-20/h5-13,17H,4,14-16H2,1-3H3,(H,23,26)/t17-/m1/s1. The fourth-order valence-electron chi connectivity index (χ4n) is 2.91. The molecule has 4 heteroatoms. The van der Waals surface area contributed by atoms with Crippen LogP contribution in [0.25, 0.3) is 0 Å². The molecule has 26 heavy (non-hydrogen) atoms. The van der Waals surface area contributed by atoms with Crippen molar-refractivity contribution < 1.29 is 9.59 Å². The van der Waals surface area contributed by atoms with Crippen LogP contribution in [0.2, 0.25) is 0 Å². The molecule has 2 amide bonds. The maximum absolute atomic E-state index is 12.9. The maximum atomic E-state index is 12.9. The Hall–Kier alpha value is -2.62. The van der Waals surface area contributed by atoms with Gasteiger partial charge in [0.25, 0.3) is 0 Å². The van der Waals surface area contributed by atoms with Crippen LogP contribution in [0, 0.1) is 0 Å². The summed E-state index contributed by atoms with van der Waals surface area (Å²) in [6.45, 7) is 4.33. The minimum Gasteiger partial charge on any atom is -0.357 e. The second kappa shape index (κ2) is 9.76. The lowest BCUT2D eigenvalue weighted by Gasteiger charge is -2.28. The molecule has 0 saturated heterocycles. The second-order valence-electron chi connectivity index (χ2n) is 6.47. The van der Waals surface area contributed by atoms with Crippen molar-refractivity contribution in [2.45, 2.75) is 45.7 Å². The van der Waals surface area contributed by atoms with Gasteiger partial charge in [0.1, 0.15) is 6.04 Å². The summed E-state index contributed by atoms with van der Waals surface area (Å²) in [5.74, 6) is -0.161. The Morgan fingerprint density at radius 1 is 0.962 bits per heavy atom. The molecule has 0 fully saturated rings. The van der Waals surface area contributed by atoms with Crippen molar-refractivity contribution >= 4 is 11.8 Å². The predicted molar refractivity (Wildman–Crippen MR) is 105 cm³/mol. The van der Waals surface area contributed by atoms with Gasteiger partial charge in [0, 0.05) is 20.0 Å². The van der Waals surface area contributed by atoms with E-state index in [1.54, 1.807) is 18.9 Å². The van der Waals surface area contributed by atoms with Crippen LogP contribution in [0.1, 0.15) is 37.0 Å². The van der Waals surface area contributed by atoms with E-state index in [4.69, 9.17) is 0 Å². The highest BCUT2D eigenvalue weighted by Gasteiger charge is 2.25. The van der Waals surface area contributed by atoms with E-state index in [-0.39, 0.29) is 11.8 Å². The molecule has 0 heterocycles. The molecule has 0 aliphatic carbocycles. The van der Waals surface area contributed by atoms with Crippen LogP contribution in [0.5, 0.6) is 0 Å². The fraction of sp³-hybridized carbons (Fsp3) is 0.364. The largest absolute Gasteiger partial charge is 0.357 e. The van der Waals surface area contributed by atoms with Gasteiger partial charge in [-0.05, 0) is 36.5 Å². The zero-order valence-corrected chi connectivity index (χ0v) is 15.9. The molecule has 1 N–H and O–H groups in total. The lowest BCUT2D eigenvalue weighted by molar-refractivity contribution is -0.140. The van der Waals surface area contributed by atoms with Crippen LogP contribution in [0.4, 0.5) is 0 Å². The Morgan fingerprint density at radius 3 is 2.15 bits per heavy atom. The zero-order valence-electron chi connectivity index (χ0n) is 15.9. The van der Waals surface area contributed by atoms with Gasteiger partial charge >= 0.3 is 0 Å². The van der Waals surface area contributed by atoms with Crippen molar-refractivity contribution in [3.05, 3.63) is 71.3 Å². The van der Waals surface area contributed by atoms with Gasteiger partial charge in [0.2, 0.25) is 11.8 Å². The van der Waals surface area contributed by atoms with Crippen LogP contribution in [0.15, 0.2) is 54.6 Å². The van der Waals surface area contributed by atoms with E-state index in [0.29, 0.717) is 19.4 Å². The Balaban J connectivity index is 2.07. The van der Waals surface area contributed by atoms with Crippen molar-refractivity contribution in [3.8, 4) is 0 Å². The number of aryl methyl sites for hydroxylation is 2. The molecule has 0 bridgehead atoms. The molecule has 138 valence electrons. The van der Waals surface area contributed by atoms with Crippen LogP contribution < -0.4 is 5.32 Å². The highest BCUT2D eigenvalue weighted by molar-refractivity contribution is 5.87. The molecular weight excluding hydrogens is 324 g/mol. The molecule has 2 rings (SSSR count). The molecule has 0 radical (unpaired) electrons. The minimum absolute atomic E-state index is 0.00970. The number of benzene rings is 2. The smallest absolute Gasteiger partial charge is 0.242 e. The lowest BCUT2D eigenvalue weighted by Crippen LogP contribution is -2.46. The third-order valence-electron chi connectivity index (χ3n) is 4.67. The van der Waals surface area contributed by atoms with Gasteiger partial charge in [0.15, 0.2) is 0 Å². The third kappa shape index (κ3) is 5.45. The average Bonchev–Trinajstić information content (AvgIpc) is 2.70. The lowest BCUT2D eigenvalue weighted by atomic mass is 10.0. The molecule has 0 unspecified atom stereocenters. The monoisotopic (exact) mass is 352 g/mol. The molecule has 1 atom stereocenters. The number of rotatable bonds is 8. The molecule has 2 aromatic carbocycles. The van der Waals surface area contributed by atoms with Crippen molar-refractivity contribution in [1.29, 1.82) is 0 Å². The van der Waals surface area contributed by atoms with Crippen LogP contribution in [-0.2, 0) is 29.0 Å². The number of nitrogens with one attached hydrogen (secondary N) is 1. The van der Waals surface area contributed by atoms with Gasteiger partial charge in [-0.2, -0.15) is 0 Å². The molecular formula is C22H28N2O2. The first-order valence-electron chi connectivity index (χ1n) is 9.18. The Morgan fingerprint density at radius 2 is 1.58 bits per heavy atom. The van der Waals surface area contributed by atoms with Crippen LogP contribution >= 0.6 is 0 Å². The predicted octanol–water partition coefficient (Wildman–Crippen LogP) is 3.34. The summed E-state index contributed by atoms with van der Waals surface area (Å²) in [6, 6.07) is 17.6. The van der Waals surface area contributed by atoms with Gasteiger partial charge in [-0.3, -0.25) is 9.59 Å². The Bertz CT molecular complexity index is 711. The highest BCUT2D eigenvalue weighted by Crippen LogP contribution is 2.13. The van der Waals surface area contributed by atoms with Crippen LogP contribution in [0.3, 0.4) is 0 Å². The Kier molecular flexibility index (Phi) is 7.39. The summed E-state index contributed by atoms with van der Waals surface area (Å²) < 4.78 is 0. The second-order valence-corrected chi connectivity index (χ2v) is 6.47. The first-order valence-corrected chi connectivity index (χ1v) is 9.18. The number of hydrogen-bond acceptors (Lipinski definition) is 2. The fourth-order valence-corrected chi connectivity index (χ4v) is 2.91. The number of carbonyl (C=O) groups excluding carboxylic acids is 2. The molecule has 4 nitrogen and oxygen atoms in total. The van der Waals surface area contributed by atoms with E-state index < -0.39 is 6.04 Å². The first kappa shape index (κ1) is 19.7. The van der Waals surface area contributed by atoms with E-state index >= 15 is 0 Å². The van der Waals surface area contributed by atoms with Crippen molar-refractivity contribution in [3.63, 3.8) is 0 Å². The molecule has 0 aliphatic heterocycles. The summed E-state index contributed by atoms with van der Waals surface area (Å²) in [5.41, 5.74) is 3.45. The van der Waals surface area contributed by atoms with Gasteiger partial charge in [-0.25, -0.2) is 0 Å². The molecule has 0 aromatic heterocycles. The number of likely N-dealkylation sites (N-methyl/N-ethyl adjacent to an activating group) is 1. The van der Waals surface area contributed by atoms with Gasteiger partial charge in [-0.1, -0.05) is 61.5 Å². The van der Waals surface area contributed by atoms with Gasteiger partial charge in [0.05, 0.1) is 0 Å². The van der Waals surface area contributed by atoms with E-state index in [1.165, 1.54) is 5.56 Å². The maximum Gasteiger partial charge on any atom is 0.242 e. The molecule has 0 saturated carbocycles. The summed E-state index contributed by atoms with van der Waals surface area (Å²) in [5, 5.41) is 2.64. The van der Waals surface area contributed by atoms with E-state index in [9.17, 15) is 9.59 Å². The number of nitrogens with zero attached hydrogens (tertiary/aromatic N) is 1. The summed E-state index contributed by atoms with van der Waals surface area (Å²) >= 11 is 0. The third-order valence-corrected chi connectivity index (χ3v) is 4.67. The number of carbonyl (C=O) groups is 2. The minimum atomic E-state index is -0.504. The number of amides is 2. The van der Waals surface area contributed by atoms with Crippen molar-refractivity contribution in [1.82, 2.24) is 10.2 Å². The highest BCUT2D eigenvalue weighted by atomic mass is 16.2. The first-order chi connectivity index (χ1) is 12.5. The van der Waals surface area contributed by atoms with E-state index in [0.717, 1.165) is 17.5 Å². The quantitative estimate of drug-likeness (QED) is 0.792. The summed E-state index contributed by atoms with van der Waals surface area (Å²) in [7, 11) is 1.60. The topological polar surface area (TPSA) is 49.4 Å². The zero-order chi connectivity index (χ0) is 18.9. The summed E-state index contributed by atoms with van der Waals surface area (Å²) in [4.78, 5) is 26.6. The average molecular weight is 352 g/mol. The molecule has 2 aromatic rings. The van der Waals surface area contributed by atoms with Gasteiger partial charge < -0.3 is 10.2 Å². The van der Waals surface area contributed by atoms with E-state index in [2.05, 4.69) is 36.5 Å². The van der Waals surface area contributed by atoms with Crippen LogP contribution in [-0.4, -0.2) is 29.8 Å². The van der Waals surface area contributed by atoms with Crippen molar-refractivity contribution in [2.75, 3.05) is 7.05 Å². The normalized spacial score (nSPS) is 11.7. The molecule has 0 aliphatic rings. The van der Waals surface area contributed by atoms with Crippen molar-refractivity contribution in [2.24, 2.45) is 0 Å². The van der Waals surface area contributed by atoms with E-state index in [1.807, 2.05) is 30.3 Å². The Labute approximate surface area is 156 Å². The van der Waals surface area contributed by atoms with Gasteiger partial charge in [-0.15, -0.1) is 0 Å². The number of hydrogen-bond donors (Lipinski definition) is 1. The SMILES string of the molecule is CCc1ccc(CCC(=O)N(Cc2ccccc2)[C@H](C)C(=O)NC)cc1. The summed E-state index contributed by atoms with van der Waals surface area (Å²) in [6.07, 6.45) is 2.07.